The fraction of sp³-hybridized carbons (Fsp3) is 0.250. The van der Waals surface area contributed by atoms with Crippen molar-refractivity contribution in [3.05, 3.63) is 60.2 Å². The molecule has 0 atom stereocenters. The fourth-order valence-electron chi connectivity index (χ4n) is 1.80. The first kappa shape index (κ1) is 16.5. The van der Waals surface area contributed by atoms with E-state index < -0.39 is 0 Å². The number of ether oxygens (including phenoxy) is 2. The number of hydrogen-bond acceptors (Lipinski definition) is 3. The van der Waals surface area contributed by atoms with Crippen LogP contribution in [-0.4, -0.2) is 20.3 Å². The van der Waals surface area contributed by atoms with E-state index in [9.17, 15) is 0 Å². The molecule has 0 aromatic heterocycles. The van der Waals surface area contributed by atoms with Gasteiger partial charge >= 0.3 is 0 Å². The van der Waals surface area contributed by atoms with Gasteiger partial charge in [0.15, 0.2) is 11.5 Å². The molecule has 0 unspecified atom stereocenters. The molecule has 2 rings (SSSR count). The van der Waals surface area contributed by atoms with Crippen molar-refractivity contribution in [1.82, 2.24) is 5.32 Å². The highest BCUT2D eigenvalue weighted by Gasteiger charge is 2.01. The smallest absolute Gasteiger partial charge is 0.161 e. The summed E-state index contributed by atoms with van der Waals surface area (Å²) >= 11 is 0. The Bertz CT molecular complexity index is 491. The third-order valence-electron chi connectivity index (χ3n) is 2.78. The Morgan fingerprint density at radius 2 is 1.55 bits per heavy atom. The van der Waals surface area contributed by atoms with Gasteiger partial charge in [-0.05, 0) is 17.7 Å². The number of hydrogen-bond donors (Lipinski definition) is 1. The van der Waals surface area contributed by atoms with Gasteiger partial charge in [-0.1, -0.05) is 42.5 Å². The molecule has 2 aromatic carbocycles. The highest BCUT2D eigenvalue weighted by atomic mass is 79.9. The molecule has 2 aromatic rings. The van der Waals surface area contributed by atoms with Crippen molar-refractivity contribution in [2.75, 3.05) is 20.3 Å². The largest absolute Gasteiger partial charge is 0.493 e. The highest BCUT2D eigenvalue weighted by molar-refractivity contribution is 8.93. The second kappa shape index (κ2) is 9.39. The molecule has 0 saturated heterocycles. The molecule has 0 aliphatic heterocycles. The molecule has 4 heteroatoms. The molecule has 20 heavy (non-hydrogen) atoms. The van der Waals surface area contributed by atoms with Crippen LogP contribution >= 0.6 is 17.0 Å². The molecule has 0 radical (unpaired) electrons. The zero-order chi connectivity index (χ0) is 13.3. The molecule has 0 aliphatic carbocycles. The average Bonchev–Trinajstić information content (AvgIpc) is 2.48. The van der Waals surface area contributed by atoms with Crippen LogP contribution in [0.5, 0.6) is 11.5 Å². The van der Waals surface area contributed by atoms with E-state index in [2.05, 4.69) is 17.4 Å². The van der Waals surface area contributed by atoms with Crippen LogP contribution in [0.25, 0.3) is 0 Å². The summed E-state index contributed by atoms with van der Waals surface area (Å²) in [5.41, 5.74) is 1.28. The lowest BCUT2D eigenvalue weighted by Gasteiger charge is -2.10. The van der Waals surface area contributed by atoms with E-state index in [-0.39, 0.29) is 17.0 Å². The predicted octanol–water partition coefficient (Wildman–Crippen LogP) is 3.44. The first-order valence-electron chi connectivity index (χ1n) is 6.40. The van der Waals surface area contributed by atoms with Crippen molar-refractivity contribution in [2.24, 2.45) is 0 Å². The van der Waals surface area contributed by atoms with Crippen LogP contribution in [0.1, 0.15) is 5.56 Å². The maximum atomic E-state index is 5.68. The summed E-state index contributed by atoms with van der Waals surface area (Å²) in [5, 5.41) is 3.34. The van der Waals surface area contributed by atoms with Gasteiger partial charge in [0.2, 0.25) is 0 Å². The van der Waals surface area contributed by atoms with Crippen LogP contribution in [0.3, 0.4) is 0 Å². The lowest BCUT2D eigenvalue weighted by atomic mass is 10.2. The third kappa shape index (κ3) is 5.23. The molecular weight excluding hydrogens is 318 g/mol. The molecular formula is C16H20BrNO2. The fourth-order valence-corrected chi connectivity index (χ4v) is 1.80. The van der Waals surface area contributed by atoms with E-state index in [0.29, 0.717) is 6.61 Å². The molecule has 0 aliphatic rings. The number of nitrogens with one attached hydrogen (secondary N) is 1. The minimum atomic E-state index is 0. The molecule has 0 saturated carbocycles. The topological polar surface area (TPSA) is 30.5 Å². The number of para-hydroxylation sites is 2. The second-order valence-corrected chi connectivity index (χ2v) is 4.16. The lowest BCUT2D eigenvalue weighted by molar-refractivity contribution is 0.292. The first-order chi connectivity index (χ1) is 9.40. The van der Waals surface area contributed by atoms with Crippen LogP contribution in [0, 0.1) is 0 Å². The van der Waals surface area contributed by atoms with E-state index in [1.165, 1.54) is 5.56 Å². The van der Waals surface area contributed by atoms with Gasteiger partial charge in [0.05, 0.1) is 7.11 Å². The number of rotatable bonds is 7. The molecule has 0 spiro atoms. The Morgan fingerprint density at radius 1 is 0.900 bits per heavy atom. The maximum absolute atomic E-state index is 5.68. The molecule has 0 heterocycles. The Labute approximate surface area is 130 Å². The van der Waals surface area contributed by atoms with Gasteiger partial charge in [0, 0.05) is 13.1 Å². The molecule has 1 N–H and O–H groups in total. The highest BCUT2D eigenvalue weighted by Crippen LogP contribution is 2.25. The molecule has 108 valence electrons. The monoisotopic (exact) mass is 337 g/mol. The average molecular weight is 338 g/mol. The Balaban J connectivity index is 0.00000200. The first-order valence-corrected chi connectivity index (χ1v) is 6.40. The van der Waals surface area contributed by atoms with Gasteiger partial charge in [0.1, 0.15) is 6.61 Å². The second-order valence-electron chi connectivity index (χ2n) is 4.16. The maximum Gasteiger partial charge on any atom is 0.161 e. The standard InChI is InChI=1S/C16H19NO2.BrH/c1-18-15-9-5-6-10-16(15)19-12-11-17-13-14-7-3-2-4-8-14;/h2-10,17H,11-13H2,1H3;1H. The van der Waals surface area contributed by atoms with Crippen molar-refractivity contribution in [3.8, 4) is 11.5 Å². The van der Waals surface area contributed by atoms with E-state index in [1.54, 1.807) is 7.11 Å². The van der Waals surface area contributed by atoms with Crippen LogP contribution < -0.4 is 14.8 Å². The quantitative estimate of drug-likeness (QED) is 0.785. The van der Waals surface area contributed by atoms with E-state index in [0.717, 1.165) is 24.6 Å². The summed E-state index contributed by atoms with van der Waals surface area (Å²) in [5.74, 6) is 1.55. The molecule has 3 nitrogen and oxygen atoms in total. The number of benzene rings is 2. The van der Waals surface area contributed by atoms with Gasteiger partial charge in [0.25, 0.3) is 0 Å². The van der Waals surface area contributed by atoms with E-state index in [1.807, 2.05) is 42.5 Å². The molecule has 0 bridgehead atoms. The summed E-state index contributed by atoms with van der Waals surface area (Å²) in [6.07, 6.45) is 0. The van der Waals surface area contributed by atoms with Gasteiger partial charge in [-0.25, -0.2) is 0 Å². The Morgan fingerprint density at radius 3 is 2.25 bits per heavy atom. The van der Waals surface area contributed by atoms with Crippen molar-refractivity contribution >= 4 is 17.0 Å². The number of methoxy groups -OCH3 is 1. The molecule has 0 amide bonds. The van der Waals surface area contributed by atoms with Crippen molar-refractivity contribution in [1.29, 1.82) is 0 Å². The van der Waals surface area contributed by atoms with Gasteiger partial charge in [-0.3, -0.25) is 0 Å². The van der Waals surface area contributed by atoms with Gasteiger partial charge in [-0.2, -0.15) is 0 Å². The summed E-state index contributed by atoms with van der Waals surface area (Å²) in [6, 6.07) is 18.0. The van der Waals surface area contributed by atoms with Crippen molar-refractivity contribution in [2.45, 2.75) is 6.54 Å². The van der Waals surface area contributed by atoms with Gasteiger partial charge < -0.3 is 14.8 Å². The third-order valence-corrected chi connectivity index (χ3v) is 2.78. The summed E-state index contributed by atoms with van der Waals surface area (Å²) in [7, 11) is 1.65. The van der Waals surface area contributed by atoms with E-state index in [4.69, 9.17) is 9.47 Å². The molecule has 0 fully saturated rings. The van der Waals surface area contributed by atoms with Crippen LogP contribution in [0.4, 0.5) is 0 Å². The lowest BCUT2D eigenvalue weighted by Crippen LogP contribution is -2.20. The summed E-state index contributed by atoms with van der Waals surface area (Å²) < 4.78 is 10.9. The van der Waals surface area contributed by atoms with Crippen LogP contribution in [0.2, 0.25) is 0 Å². The minimum Gasteiger partial charge on any atom is -0.493 e. The van der Waals surface area contributed by atoms with Crippen molar-refractivity contribution in [3.63, 3.8) is 0 Å². The SMILES string of the molecule is Br.COc1ccccc1OCCNCc1ccccc1. The Hall–Kier alpha value is -1.52. The normalized spacial score (nSPS) is 9.65. The van der Waals surface area contributed by atoms with E-state index >= 15 is 0 Å². The van der Waals surface area contributed by atoms with Crippen LogP contribution in [-0.2, 0) is 6.54 Å². The van der Waals surface area contributed by atoms with Gasteiger partial charge in [-0.15, -0.1) is 17.0 Å². The summed E-state index contributed by atoms with van der Waals surface area (Å²) in [4.78, 5) is 0. The summed E-state index contributed by atoms with van der Waals surface area (Å²) in [6.45, 7) is 2.27. The number of halogens is 1. The zero-order valence-electron chi connectivity index (χ0n) is 11.5. The van der Waals surface area contributed by atoms with Crippen LogP contribution in [0.15, 0.2) is 54.6 Å². The zero-order valence-corrected chi connectivity index (χ0v) is 13.3. The van der Waals surface area contributed by atoms with Crippen molar-refractivity contribution < 1.29 is 9.47 Å². The Kier molecular flexibility index (Phi) is 7.77. The minimum absolute atomic E-state index is 0. The predicted molar refractivity (Wildman–Crippen MR) is 87.0 cm³/mol.